The number of hydrogen-bond donors (Lipinski definition) is 0. The van der Waals surface area contributed by atoms with Crippen LogP contribution in [-0.4, -0.2) is 6.61 Å². The lowest BCUT2D eigenvalue weighted by molar-refractivity contribution is -0.0123. The van der Waals surface area contributed by atoms with E-state index >= 15 is 0 Å². The molecular formula is C19H19F3O. The minimum Gasteiger partial charge on any atom is -0.373 e. The molecule has 1 aliphatic rings. The summed E-state index contributed by atoms with van der Waals surface area (Å²) in [5, 5.41) is 0. The Labute approximate surface area is 134 Å². The van der Waals surface area contributed by atoms with Crippen LogP contribution in [-0.2, 0) is 11.4 Å². The molecule has 1 aliphatic heterocycles. The SMILES string of the molecule is CC1CCC(c2ccc(-c3cc(F)c(CF)c(F)c3)cc2)OC1. The Hall–Kier alpha value is -1.81. The number of rotatable bonds is 3. The van der Waals surface area contributed by atoms with E-state index in [0.717, 1.165) is 25.0 Å². The van der Waals surface area contributed by atoms with Gasteiger partial charge in [0.25, 0.3) is 0 Å². The van der Waals surface area contributed by atoms with Crippen molar-refractivity contribution in [3.8, 4) is 11.1 Å². The van der Waals surface area contributed by atoms with Crippen molar-refractivity contribution >= 4 is 0 Å². The second kappa shape index (κ2) is 6.75. The monoisotopic (exact) mass is 320 g/mol. The molecule has 0 aliphatic carbocycles. The van der Waals surface area contributed by atoms with Crippen LogP contribution >= 0.6 is 0 Å². The fourth-order valence-corrected chi connectivity index (χ4v) is 2.93. The molecule has 1 fully saturated rings. The van der Waals surface area contributed by atoms with Gasteiger partial charge < -0.3 is 4.74 Å². The molecule has 2 atom stereocenters. The summed E-state index contributed by atoms with van der Waals surface area (Å²) >= 11 is 0. The maximum Gasteiger partial charge on any atom is 0.132 e. The average Bonchev–Trinajstić information content (AvgIpc) is 2.55. The summed E-state index contributed by atoms with van der Waals surface area (Å²) in [6.45, 7) is 1.78. The van der Waals surface area contributed by atoms with Gasteiger partial charge in [0.05, 0.1) is 11.7 Å². The first-order valence-electron chi connectivity index (χ1n) is 7.84. The van der Waals surface area contributed by atoms with Crippen molar-refractivity contribution < 1.29 is 17.9 Å². The van der Waals surface area contributed by atoms with Crippen LogP contribution in [0.2, 0.25) is 0 Å². The molecule has 0 amide bonds. The third-order valence-corrected chi connectivity index (χ3v) is 4.39. The highest BCUT2D eigenvalue weighted by Crippen LogP contribution is 2.32. The first kappa shape index (κ1) is 16.1. The van der Waals surface area contributed by atoms with Crippen molar-refractivity contribution in [2.45, 2.75) is 32.5 Å². The molecule has 122 valence electrons. The van der Waals surface area contributed by atoms with Crippen LogP contribution in [0.15, 0.2) is 36.4 Å². The van der Waals surface area contributed by atoms with Gasteiger partial charge in [-0.25, -0.2) is 13.2 Å². The molecule has 0 saturated carbocycles. The molecule has 1 nitrogen and oxygen atoms in total. The van der Waals surface area contributed by atoms with Gasteiger partial charge in [-0.15, -0.1) is 0 Å². The Bertz CT molecular complexity index is 651. The smallest absolute Gasteiger partial charge is 0.132 e. The van der Waals surface area contributed by atoms with Gasteiger partial charge in [-0.3, -0.25) is 0 Å². The predicted octanol–water partition coefficient (Wildman–Crippen LogP) is 5.59. The standard InChI is InChI=1S/C19H19F3O/c1-12-2-7-19(23-11-12)14-5-3-13(4-6-14)15-8-17(21)16(10-20)18(22)9-15/h3-6,8-9,12,19H,2,7,10-11H2,1H3. The van der Waals surface area contributed by atoms with Crippen molar-refractivity contribution in [3.63, 3.8) is 0 Å². The van der Waals surface area contributed by atoms with E-state index in [9.17, 15) is 13.2 Å². The van der Waals surface area contributed by atoms with Crippen LogP contribution in [0.5, 0.6) is 0 Å². The van der Waals surface area contributed by atoms with Crippen molar-refractivity contribution in [3.05, 3.63) is 59.2 Å². The lowest BCUT2D eigenvalue weighted by Crippen LogP contribution is -2.18. The van der Waals surface area contributed by atoms with Crippen molar-refractivity contribution in [1.29, 1.82) is 0 Å². The number of hydrogen-bond acceptors (Lipinski definition) is 1. The molecule has 2 aromatic rings. The summed E-state index contributed by atoms with van der Waals surface area (Å²) in [5.41, 5.74) is 1.65. The van der Waals surface area contributed by atoms with Gasteiger partial charge >= 0.3 is 0 Å². The van der Waals surface area contributed by atoms with E-state index in [2.05, 4.69) is 6.92 Å². The van der Waals surface area contributed by atoms with E-state index < -0.39 is 23.9 Å². The Morgan fingerprint density at radius 2 is 1.65 bits per heavy atom. The van der Waals surface area contributed by atoms with E-state index in [4.69, 9.17) is 4.74 Å². The van der Waals surface area contributed by atoms with Crippen LogP contribution in [0.4, 0.5) is 13.2 Å². The van der Waals surface area contributed by atoms with E-state index in [-0.39, 0.29) is 6.10 Å². The number of ether oxygens (including phenoxy) is 1. The molecule has 2 unspecified atom stereocenters. The van der Waals surface area contributed by atoms with Gasteiger partial charge in [-0.2, -0.15) is 0 Å². The van der Waals surface area contributed by atoms with E-state index in [1.807, 2.05) is 24.3 Å². The average molecular weight is 320 g/mol. The number of alkyl halides is 1. The lowest BCUT2D eigenvalue weighted by atomic mass is 9.94. The minimum atomic E-state index is -1.14. The molecule has 2 aromatic carbocycles. The minimum absolute atomic E-state index is 0.0858. The maximum absolute atomic E-state index is 13.7. The number of halogens is 3. The lowest BCUT2D eigenvalue weighted by Gasteiger charge is -2.27. The molecule has 0 N–H and O–H groups in total. The molecule has 23 heavy (non-hydrogen) atoms. The molecule has 1 saturated heterocycles. The van der Waals surface area contributed by atoms with Crippen molar-refractivity contribution in [1.82, 2.24) is 0 Å². The normalized spacial score (nSPS) is 21.4. The van der Waals surface area contributed by atoms with Crippen molar-refractivity contribution in [2.75, 3.05) is 6.61 Å². The van der Waals surface area contributed by atoms with Gasteiger partial charge in [0.1, 0.15) is 18.3 Å². The Balaban J connectivity index is 1.82. The molecule has 0 bridgehead atoms. The fourth-order valence-electron chi connectivity index (χ4n) is 2.93. The highest BCUT2D eigenvalue weighted by atomic mass is 19.1. The second-order valence-electron chi connectivity index (χ2n) is 6.18. The van der Waals surface area contributed by atoms with Gasteiger partial charge in [-0.05, 0) is 47.6 Å². The Morgan fingerprint density at radius 3 is 2.17 bits per heavy atom. The molecular weight excluding hydrogens is 301 g/mol. The molecule has 0 aromatic heterocycles. The molecule has 1 heterocycles. The molecule has 3 rings (SSSR count). The quantitative estimate of drug-likeness (QED) is 0.716. The first-order valence-corrected chi connectivity index (χ1v) is 7.84. The summed E-state index contributed by atoms with van der Waals surface area (Å²) in [6.07, 6.45) is 2.20. The third-order valence-electron chi connectivity index (χ3n) is 4.39. The third kappa shape index (κ3) is 3.42. The fraction of sp³-hybridized carbons (Fsp3) is 0.368. The predicted molar refractivity (Wildman–Crippen MR) is 83.7 cm³/mol. The van der Waals surface area contributed by atoms with Gasteiger partial charge in [0, 0.05) is 6.61 Å². The maximum atomic E-state index is 13.7. The molecule has 0 radical (unpaired) electrons. The highest BCUT2D eigenvalue weighted by Gasteiger charge is 2.20. The van der Waals surface area contributed by atoms with Gasteiger partial charge in [0.15, 0.2) is 0 Å². The van der Waals surface area contributed by atoms with E-state index in [1.165, 1.54) is 12.1 Å². The van der Waals surface area contributed by atoms with Crippen LogP contribution in [0, 0.1) is 17.6 Å². The summed E-state index contributed by atoms with van der Waals surface area (Å²) in [5.74, 6) is -1.11. The largest absolute Gasteiger partial charge is 0.373 e. The van der Waals surface area contributed by atoms with Crippen LogP contribution in [0.3, 0.4) is 0 Å². The summed E-state index contributed by atoms with van der Waals surface area (Å²) in [4.78, 5) is 0. The zero-order valence-electron chi connectivity index (χ0n) is 13.0. The van der Waals surface area contributed by atoms with Crippen LogP contribution in [0.1, 0.15) is 37.0 Å². The summed E-state index contributed by atoms with van der Waals surface area (Å²) in [6, 6.07) is 9.83. The van der Waals surface area contributed by atoms with Gasteiger partial charge in [-0.1, -0.05) is 31.2 Å². The molecule has 4 heteroatoms. The van der Waals surface area contributed by atoms with Crippen LogP contribution < -0.4 is 0 Å². The summed E-state index contributed by atoms with van der Waals surface area (Å²) < 4.78 is 45.8. The van der Waals surface area contributed by atoms with E-state index in [1.54, 1.807) is 0 Å². The second-order valence-corrected chi connectivity index (χ2v) is 6.18. The van der Waals surface area contributed by atoms with Crippen molar-refractivity contribution in [2.24, 2.45) is 5.92 Å². The zero-order valence-corrected chi connectivity index (χ0v) is 13.0. The molecule has 0 spiro atoms. The van der Waals surface area contributed by atoms with Gasteiger partial charge in [0.2, 0.25) is 0 Å². The van der Waals surface area contributed by atoms with Crippen LogP contribution in [0.25, 0.3) is 11.1 Å². The van der Waals surface area contributed by atoms with E-state index in [0.29, 0.717) is 17.0 Å². The zero-order chi connectivity index (χ0) is 16.4. The first-order chi connectivity index (χ1) is 11.1. The highest BCUT2D eigenvalue weighted by molar-refractivity contribution is 5.64. The summed E-state index contributed by atoms with van der Waals surface area (Å²) in [7, 11) is 0. The Morgan fingerprint density at radius 1 is 1.00 bits per heavy atom. The Kier molecular flexibility index (Phi) is 4.71. The number of benzene rings is 2. The topological polar surface area (TPSA) is 9.23 Å².